The van der Waals surface area contributed by atoms with Gasteiger partial charge in [-0.3, -0.25) is 0 Å². The summed E-state index contributed by atoms with van der Waals surface area (Å²) in [6.07, 6.45) is 0. The molecule has 0 aliphatic carbocycles. The number of sulfonamides is 1. The van der Waals surface area contributed by atoms with Gasteiger partial charge >= 0.3 is 0 Å². The van der Waals surface area contributed by atoms with Gasteiger partial charge in [0.25, 0.3) is 0 Å². The summed E-state index contributed by atoms with van der Waals surface area (Å²) < 4.78 is 39.1. The molecule has 31 heavy (non-hydrogen) atoms. The molecular weight excluding hydrogens is 438 g/mol. The molecule has 8 heteroatoms. The first kappa shape index (κ1) is 23.1. The molecule has 6 nitrogen and oxygen atoms in total. The van der Waals surface area contributed by atoms with Gasteiger partial charge in [0.05, 0.1) is 31.8 Å². The minimum absolute atomic E-state index is 0.0193. The summed E-state index contributed by atoms with van der Waals surface area (Å²) in [5.74, 6) is 1.03. The van der Waals surface area contributed by atoms with E-state index in [-0.39, 0.29) is 18.0 Å². The van der Waals surface area contributed by atoms with Gasteiger partial charge in [0.1, 0.15) is 0 Å². The van der Waals surface area contributed by atoms with Crippen molar-refractivity contribution in [1.82, 2.24) is 4.31 Å². The number of methoxy groups -OCH3 is 2. The number of ether oxygens (including phenoxy) is 2. The molecule has 0 amide bonds. The highest BCUT2D eigenvalue weighted by Gasteiger charge is 2.32. The van der Waals surface area contributed by atoms with E-state index in [1.165, 1.54) is 42.8 Å². The molecule has 0 bridgehead atoms. The molecule has 0 spiro atoms. The Hall–Kier alpha value is -2.58. The Balaban J connectivity index is 2.09. The summed E-state index contributed by atoms with van der Waals surface area (Å²) in [6.45, 7) is -0.366. The predicted molar refractivity (Wildman–Crippen MR) is 120 cm³/mol. The monoisotopic (exact) mass is 461 g/mol. The molecule has 0 aromatic heterocycles. The molecule has 1 unspecified atom stereocenters. The molecule has 3 aromatic carbocycles. The van der Waals surface area contributed by atoms with Crippen molar-refractivity contribution >= 4 is 21.6 Å². The van der Waals surface area contributed by atoms with E-state index in [9.17, 15) is 13.5 Å². The molecule has 1 atom stereocenters. The number of nitrogens with zero attached hydrogens (tertiary/aromatic N) is 1. The number of hydrogen-bond donors (Lipinski definition) is 1. The van der Waals surface area contributed by atoms with Crippen LogP contribution in [0.5, 0.6) is 11.5 Å². The van der Waals surface area contributed by atoms with Gasteiger partial charge in [0, 0.05) is 11.6 Å². The number of hydrogen-bond acceptors (Lipinski definition) is 5. The number of rotatable bonds is 9. The molecule has 0 aliphatic rings. The van der Waals surface area contributed by atoms with Crippen molar-refractivity contribution in [2.24, 2.45) is 0 Å². The standard InChI is InChI=1S/C23H24ClNO5S/c1-29-22-13-8-17(14-23(22)30-2)15-25(21(16-26)18-6-4-3-5-7-18)31(27,28)20-11-9-19(24)10-12-20/h3-14,21,26H,15-16H2,1-2H3. The largest absolute Gasteiger partial charge is 0.493 e. The first-order valence-corrected chi connectivity index (χ1v) is 11.4. The Morgan fingerprint density at radius 1 is 0.935 bits per heavy atom. The lowest BCUT2D eigenvalue weighted by Gasteiger charge is -2.30. The van der Waals surface area contributed by atoms with Gasteiger partial charge in [0.2, 0.25) is 10.0 Å². The van der Waals surface area contributed by atoms with Gasteiger partial charge in [-0.05, 0) is 47.5 Å². The van der Waals surface area contributed by atoms with E-state index in [0.29, 0.717) is 27.6 Å². The van der Waals surface area contributed by atoms with Crippen molar-refractivity contribution < 1.29 is 23.0 Å². The van der Waals surface area contributed by atoms with E-state index in [4.69, 9.17) is 21.1 Å². The van der Waals surface area contributed by atoms with Gasteiger partial charge in [-0.1, -0.05) is 48.0 Å². The van der Waals surface area contributed by atoms with E-state index >= 15 is 0 Å². The maximum Gasteiger partial charge on any atom is 0.244 e. The third kappa shape index (κ3) is 5.19. The summed E-state index contributed by atoms with van der Waals surface area (Å²) in [7, 11) is -0.916. The van der Waals surface area contributed by atoms with Crippen LogP contribution in [0.25, 0.3) is 0 Å². The van der Waals surface area contributed by atoms with Gasteiger partial charge < -0.3 is 14.6 Å². The summed E-state index contributed by atoms with van der Waals surface area (Å²) in [5.41, 5.74) is 1.37. The summed E-state index contributed by atoms with van der Waals surface area (Å²) in [6, 6.07) is 19.4. The molecule has 0 heterocycles. The molecule has 0 saturated heterocycles. The van der Waals surface area contributed by atoms with Crippen LogP contribution in [0, 0.1) is 0 Å². The zero-order valence-electron chi connectivity index (χ0n) is 17.2. The third-order valence-electron chi connectivity index (χ3n) is 4.91. The van der Waals surface area contributed by atoms with Crippen molar-refractivity contribution in [3.05, 3.63) is 88.9 Å². The average molecular weight is 462 g/mol. The SMILES string of the molecule is COc1ccc(CN(C(CO)c2ccccc2)S(=O)(=O)c2ccc(Cl)cc2)cc1OC. The lowest BCUT2D eigenvalue weighted by atomic mass is 10.1. The number of benzene rings is 3. The molecule has 0 radical (unpaired) electrons. The van der Waals surface area contributed by atoms with E-state index in [1.807, 2.05) is 18.2 Å². The fraction of sp³-hybridized carbons (Fsp3) is 0.217. The first-order chi connectivity index (χ1) is 14.9. The van der Waals surface area contributed by atoms with Crippen LogP contribution in [0.15, 0.2) is 77.7 Å². The molecule has 3 rings (SSSR count). The van der Waals surface area contributed by atoms with Crippen molar-refractivity contribution in [1.29, 1.82) is 0 Å². The smallest absolute Gasteiger partial charge is 0.244 e. The van der Waals surface area contributed by atoms with Gasteiger partial charge in [0.15, 0.2) is 11.5 Å². The average Bonchev–Trinajstić information content (AvgIpc) is 2.79. The van der Waals surface area contributed by atoms with Crippen LogP contribution in [0.1, 0.15) is 17.2 Å². The van der Waals surface area contributed by atoms with E-state index in [2.05, 4.69) is 0 Å². The molecule has 0 fully saturated rings. The minimum Gasteiger partial charge on any atom is -0.493 e. The van der Waals surface area contributed by atoms with E-state index in [1.54, 1.807) is 30.3 Å². The molecule has 164 valence electrons. The minimum atomic E-state index is -3.97. The van der Waals surface area contributed by atoms with Crippen LogP contribution in [-0.4, -0.2) is 38.7 Å². The van der Waals surface area contributed by atoms with Gasteiger partial charge in [-0.25, -0.2) is 8.42 Å². The van der Waals surface area contributed by atoms with Crippen LogP contribution in [0.3, 0.4) is 0 Å². The summed E-state index contributed by atoms with van der Waals surface area (Å²) in [5, 5.41) is 10.6. The van der Waals surface area contributed by atoms with Crippen LogP contribution >= 0.6 is 11.6 Å². The zero-order valence-corrected chi connectivity index (χ0v) is 18.8. The van der Waals surface area contributed by atoms with Crippen LogP contribution in [-0.2, 0) is 16.6 Å². The summed E-state index contributed by atoms with van der Waals surface area (Å²) in [4.78, 5) is 0.0896. The highest BCUT2D eigenvalue weighted by atomic mass is 35.5. The zero-order chi connectivity index (χ0) is 22.4. The highest BCUT2D eigenvalue weighted by Crippen LogP contribution is 2.33. The Labute approximate surface area is 187 Å². The second-order valence-corrected chi connectivity index (χ2v) is 9.13. The molecular formula is C23H24ClNO5S. The van der Waals surface area contributed by atoms with Gasteiger partial charge in [-0.15, -0.1) is 0 Å². The van der Waals surface area contributed by atoms with Crippen LogP contribution in [0.4, 0.5) is 0 Å². The Kier molecular flexibility index (Phi) is 7.56. The second kappa shape index (κ2) is 10.2. The first-order valence-electron chi connectivity index (χ1n) is 9.54. The highest BCUT2D eigenvalue weighted by molar-refractivity contribution is 7.89. The lowest BCUT2D eigenvalue weighted by molar-refractivity contribution is 0.184. The maximum atomic E-state index is 13.6. The number of aliphatic hydroxyl groups excluding tert-OH is 1. The third-order valence-corrected chi connectivity index (χ3v) is 7.03. The molecule has 3 aromatic rings. The van der Waals surface area contributed by atoms with Crippen molar-refractivity contribution in [2.45, 2.75) is 17.5 Å². The number of aliphatic hydroxyl groups is 1. The van der Waals surface area contributed by atoms with Crippen molar-refractivity contribution in [3.8, 4) is 11.5 Å². The van der Waals surface area contributed by atoms with Crippen LogP contribution in [0.2, 0.25) is 5.02 Å². The fourth-order valence-corrected chi connectivity index (χ4v) is 5.02. The maximum absolute atomic E-state index is 13.6. The lowest BCUT2D eigenvalue weighted by Crippen LogP contribution is -2.36. The Bertz CT molecular complexity index is 1100. The summed E-state index contributed by atoms with van der Waals surface area (Å²) >= 11 is 5.94. The fourth-order valence-electron chi connectivity index (χ4n) is 3.30. The number of halogens is 1. The van der Waals surface area contributed by atoms with Crippen molar-refractivity contribution in [3.63, 3.8) is 0 Å². The van der Waals surface area contributed by atoms with Gasteiger partial charge in [-0.2, -0.15) is 4.31 Å². The van der Waals surface area contributed by atoms with Crippen molar-refractivity contribution in [2.75, 3.05) is 20.8 Å². The van der Waals surface area contributed by atoms with E-state index < -0.39 is 16.1 Å². The topological polar surface area (TPSA) is 76.1 Å². The quantitative estimate of drug-likeness (QED) is 0.514. The van der Waals surface area contributed by atoms with E-state index in [0.717, 1.165) is 0 Å². The van der Waals surface area contributed by atoms with Crippen LogP contribution < -0.4 is 9.47 Å². The molecule has 1 N–H and O–H groups in total. The molecule has 0 saturated carbocycles. The predicted octanol–water partition coefficient (Wildman–Crippen LogP) is 4.28. The molecule has 0 aliphatic heterocycles. The Morgan fingerprint density at radius 3 is 2.16 bits per heavy atom. The Morgan fingerprint density at radius 2 is 1.58 bits per heavy atom. The second-order valence-electron chi connectivity index (χ2n) is 6.80. The normalized spacial score (nSPS) is 12.5.